The molecule has 164 valence electrons. The van der Waals surface area contributed by atoms with E-state index in [1.807, 2.05) is 29.2 Å². The number of rotatable bonds is 4. The number of amides is 3. The SMILES string of the molecule is CN1CCN(C2=NC3C(C(=O)NC(=O)N3C)N2CCSc2nc3ccccc3o2)CC1. The van der Waals surface area contributed by atoms with Gasteiger partial charge in [-0.1, -0.05) is 23.9 Å². The van der Waals surface area contributed by atoms with Crippen molar-refractivity contribution in [3.8, 4) is 0 Å². The Morgan fingerprint density at radius 1 is 1.16 bits per heavy atom. The molecule has 1 N–H and O–H groups in total. The molecular formula is C20H25N7O3S. The number of imide groups is 1. The van der Waals surface area contributed by atoms with Gasteiger partial charge < -0.3 is 24.0 Å². The predicted octanol–water partition coefficient (Wildman–Crippen LogP) is 0.715. The lowest BCUT2D eigenvalue weighted by Gasteiger charge is -2.39. The summed E-state index contributed by atoms with van der Waals surface area (Å²) in [5.74, 6) is 1.17. The smallest absolute Gasteiger partial charge is 0.325 e. The lowest BCUT2D eigenvalue weighted by atomic mass is 10.1. The molecule has 1 aromatic heterocycles. The monoisotopic (exact) mass is 443 g/mol. The summed E-state index contributed by atoms with van der Waals surface area (Å²) in [6, 6.07) is 6.74. The van der Waals surface area contributed by atoms with E-state index in [2.05, 4.69) is 27.1 Å². The number of carbonyl (C=O) groups is 2. The van der Waals surface area contributed by atoms with E-state index in [4.69, 9.17) is 9.41 Å². The van der Waals surface area contributed by atoms with Crippen LogP contribution in [-0.4, -0.2) is 107 Å². The maximum absolute atomic E-state index is 12.7. The second kappa shape index (κ2) is 8.04. The van der Waals surface area contributed by atoms with Crippen molar-refractivity contribution in [2.45, 2.75) is 17.4 Å². The van der Waals surface area contributed by atoms with E-state index in [0.29, 0.717) is 17.5 Å². The van der Waals surface area contributed by atoms with Crippen LogP contribution in [0.5, 0.6) is 0 Å². The molecule has 0 bridgehead atoms. The average Bonchev–Trinajstić information content (AvgIpc) is 3.34. The number of aromatic nitrogens is 1. The number of benzene rings is 1. The maximum Gasteiger partial charge on any atom is 0.325 e. The Morgan fingerprint density at radius 3 is 2.71 bits per heavy atom. The summed E-state index contributed by atoms with van der Waals surface area (Å²) in [6.45, 7) is 4.12. The van der Waals surface area contributed by atoms with Crippen molar-refractivity contribution in [3.63, 3.8) is 0 Å². The van der Waals surface area contributed by atoms with E-state index in [-0.39, 0.29) is 5.91 Å². The Morgan fingerprint density at radius 2 is 1.94 bits per heavy atom. The van der Waals surface area contributed by atoms with Gasteiger partial charge in [0, 0.05) is 45.5 Å². The fourth-order valence-corrected chi connectivity index (χ4v) is 4.94. The van der Waals surface area contributed by atoms with Crippen molar-refractivity contribution >= 4 is 40.8 Å². The molecular weight excluding hydrogens is 418 g/mol. The molecule has 0 saturated carbocycles. The van der Waals surface area contributed by atoms with E-state index in [9.17, 15) is 9.59 Å². The lowest BCUT2D eigenvalue weighted by molar-refractivity contribution is -0.127. The number of guanidine groups is 1. The molecule has 2 atom stereocenters. The number of urea groups is 1. The highest BCUT2D eigenvalue weighted by Gasteiger charge is 2.49. The molecule has 11 heteroatoms. The van der Waals surface area contributed by atoms with Crippen LogP contribution in [0, 0.1) is 0 Å². The van der Waals surface area contributed by atoms with Gasteiger partial charge in [-0.2, -0.15) is 0 Å². The molecule has 1 aromatic carbocycles. The lowest BCUT2D eigenvalue weighted by Crippen LogP contribution is -2.64. The van der Waals surface area contributed by atoms with Crippen molar-refractivity contribution < 1.29 is 14.0 Å². The van der Waals surface area contributed by atoms with Crippen LogP contribution in [0.15, 0.2) is 38.9 Å². The number of fused-ring (bicyclic) bond motifs is 2. The summed E-state index contributed by atoms with van der Waals surface area (Å²) in [5, 5.41) is 3.06. The van der Waals surface area contributed by atoms with Crippen molar-refractivity contribution in [1.29, 1.82) is 0 Å². The van der Waals surface area contributed by atoms with Gasteiger partial charge in [0.1, 0.15) is 5.52 Å². The van der Waals surface area contributed by atoms with E-state index >= 15 is 0 Å². The summed E-state index contributed by atoms with van der Waals surface area (Å²) in [5.41, 5.74) is 1.59. The number of hydrogen-bond acceptors (Lipinski definition) is 9. The van der Waals surface area contributed by atoms with Crippen molar-refractivity contribution in [2.75, 3.05) is 52.6 Å². The van der Waals surface area contributed by atoms with Gasteiger partial charge in [-0.15, -0.1) is 0 Å². The number of thioether (sulfide) groups is 1. The number of hydrogen-bond donors (Lipinski definition) is 1. The molecule has 0 spiro atoms. The van der Waals surface area contributed by atoms with Gasteiger partial charge in [0.25, 0.3) is 11.1 Å². The number of carbonyl (C=O) groups excluding carboxylic acids is 2. The second-order valence-electron chi connectivity index (χ2n) is 7.97. The first kappa shape index (κ1) is 20.1. The Hall–Kier alpha value is -2.79. The molecule has 31 heavy (non-hydrogen) atoms. The van der Waals surface area contributed by atoms with Crippen LogP contribution in [0.25, 0.3) is 11.1 Å². The second-order valence-corrected chi connectivity index (χ2v) is 9.02. The number of oxazole rings is 1. The number of piperazine rings is 1. The highest BCUT2D eigenvalue weighted by atomic mass is 32.2. The first-order chi connectivity index (χ1) is 15.0. The van der Waals surface area contributed by atoms with Crippen molar-refractivity contribution in [3.05, 3.63) is 24.3 Å². The fraction of sp³-hybridized carbons (Fsp3) is 0.500. The minimum atomic E-state index is -0.526. The molecule has 2 fully saturated rings. The quantitative estimate of drug-likeness (QED) is 0.691. The van der Waals surface area contributed by atoms with Crippen LogP contribution in [0.3, 0.4) is 0 Å². The molecule has 3 aliphatic heterocycles. The zero-order valence-electron chi connectivity index (χ0n) is 17.5. The molecule has 2 aromatic rings. The van der Waals surface area contributed by atoms with Gasteiger partial charge in [-0.05, 0) is 19.2 Å². The number of nitrogens with one attached hydrogen (secondary N) is 1. The fourth-order valence-electron chi connectivity index (χ4n) is 4.16. The van der Waals surface area contributed by atoms with Crippen LogP contribution in [-0.2, 0) is 4.79 Å². The molecule has 0 aliphatic carbocycles. The van der Waals surface area contributed by atoms with Gasteiger partial charge >= 0.3 is 6.03 Å². The van der Waals surface area contributed by atoms with E-state index in [0.717, 1.165) is 43.2 Å². The van der Waals surface area contributed by atoms with E-state index in [1.165, 1.54) is 16.7 Å². The van der Waals surface area contributed by atoms with Gasteiger partial charge in [0.2, 0.25) is 0 Å². The molecule has 3 amide bonds. The summed E-state index contributed by atoms with van der Waals surface area (Å²) in [6.07, 6.45) is -0.509. The first-order valence-corrected chi connectivity index (χ1v) is 11.3. The largest absolute Gasteiger partial charge is 0.431 e. The van der Waals surface area contributed by atoms with Gasteiger partial charge in [0.15, 0.2) is 23.8 Å². The first-order valence-electron chi connectivity index (χ1n) is 10.4. The van der Waals surface area contributed by atoms with E-state index < -0.39 is 18.2 Å². The minimum absolute atomic E-state index is 0.298. The topological polar surface area (TPSA) is 97.5 Å². The Kier molecular flexibility index (Phi) is 5.22. The zero-order chi connectivity index (χ0) is 21.5. The van der Waals surface area contributed by atoms with Crippen LogP contribution >= 0.6 is 11.8 Å². The zero-order valence-corrected chi connectivity index (χ0v) is 18.3. The number of aliphatic imine (C=N–C) groups is 1. The van der Waals surface area contributed by atoms with Gasteiger partial charge in [-0.3, -0.25) is 10.1 Å². The molecule has 4 heterocycles. The summed E-state index contributed by atoms with van der Waals surface area (Å²) >= 11 is 1.51. The number of nitrogens with zero attached hydrogens (tertiary/aromatic N) is 6. The summed E-state index contributed by atoms with van der Waals surface area (Å²) in [4.78, 5) is 42.2. The minimum Gasteiger partial charge on any atom is -0.431 e. The van der Waals surface area contributed by atoms with Crippen LogP contribution in [0.4, 0.5) is 4.79 Å². The maximum atomic E-state index is 12.7. The third kappa shape index (κ3) is 3.72. The van der Waals surface area contributed by atoms with Crippen LogP contribution in [0.1, 0.15) is 0 Å². The van der Waals surface area contributed by atoms with Gasteiger partial charge in [0.05, 0.1) is 0 Å². The van der Waals surface area contributed by atoms with Gasteiger partial charge in [-0.25, -0.2) is 14.8 Å². The highest BCUT2D eigenvalue weighted by molar-refractivity contribution is 7.99. The van der Waals surface area contributed by atoms with E-state index in [1.54, 1.807) is 7.05 Å². The molecule has 3 aliphatic rings. The number of likely N-dealkylation sites (N-methyl/N-ethyl adjacent to an activating group) is 2. The Labute approximate surface area is 184 Å². The third-order valence-corrected chi connectivity index (χ3v) is 6.77. The standard InChI is InChI=1S/C20H25N7O3S/c1-24-7-9-26(10-8-24)18-22-16-15(17(28)23-19(29)25(16)2)27(18)11-12-31-20-21-13-5-3-4-6-14(13)30-20/h3-6,15-16H,7-12H2,1-2H3,(H,23,28,29). The molecule has 5 rings (SSSR count). The molecule has 2 saturated heterocycles. The van der Waals surface area contributed by atoms with Crippen LogP contribution in [0.2, 0.25) is 0 Å². The summed E-state index contributed by atoms with van der Waals surface area (Å²) < 4.78 is 5.80. The van der Waals surface area contributed by atoms with Crippen molar-refractivity contribution in [1.82, 2.24) is 29.9 Å². The number of para-hydroxylation sites is 2. The normalized spacial score (nSPS) is 24.6. The van der Waals surface area contributed by atoms with Crippen molar-refractivity contribution in [2.24, 2.45) is 4.99 Å². The Bertz CT molecular complexity index is 1000. The Balaban J connectivity index is 1.34. The predicted molar refractivity (Wildman–Crippen MR) is 117 cm³/mol. The summed E-state index contributed by atoms with van der Waals surface area (Å²) in [7, 11) is 3.78. The third-order valence-electron chi connectivity index (χ3n) is 5.96. The van der Waals surface area contributed by atoms with Crippen LogP contribution < -0.4 is 5.32 Å². The molecule has 10 nitrogen and oxygen atoms in total. The highest BCUT2D eigenvalue weighted by Crippen LogP contribution is 2.28. The molecule has 0 radical (unpaired) electrons. The average molecular weight is 444 g/mol. The molecule has 2 unspecified atom stereocenters.